The van der Waals surface area contributed by atoms with E-state index in [1.54, 1.807) is 7.11 Å². The van der Waals surface area contributed by atoms with Crippen LogP contribution in [-0.4, -0.2) is 205 Å². The molecule has 3 aliphatic heterocycles. The Bertz CT molecular complexity index is 1800. The van der Waals surface area contributed by atoms with Crippen LogP contribution in [0.15, 0.2) is 11.6 Å². The fourth-order valence-electron chi connectivity index (χ4n) is 15.2. The van der Waals surface area contributed by atoms with Crippen molar-refractivity contribution in [3.63, 3.8) is 0 Å². The fourth-order valence-corrected chi connectivity index (χ4v) is 15.2. The van der Waals surface area contributed by atoms with Gasteiger partial charge in [-0.05, 0) is 78.4 Å². The van der Waals surface area contributed by atoms with E-state index in [9.17, 15) is 61.3 Å². The molecule has 3 heterocycles. The Balaban J connectivity index is 1.11. The van der Waals surface area contributed by atoms with Gasteiger partial charge in [-0.25, -0.2) is 0 Å². The quantitative estimate of drug-likeness (QED) is 0.113. The molecule has 68 heavy (non-hydrogen) atoms. The van der Waals surface area contributed by atoms with E-state index >= 15 is 0 Å². The summed E-state index contributed by atoms with van der Waals surface area (Å²) in [4.78, 5) is 0. The van der Waals surface area contributed by atoms with Crippen LogP contribution in [0.3, 0.4) is 0 Å². The summed E-state index contributed by atoms with van der Waals surface area (Å²) < 4.78 is 43.1. The van der Waals surface area contributed by atoms with Gasteiger partial charge in [-0.1, -0.05) is 60.1 Å². The molecule has 12 N–H and O–H groups in total. The number of hydrogen-bond acceptors (Lipinski definition) is 19. The lowest BCUT2D eigenvalue weighted by Crippen LogP contribution is -2.71. The Kier molecular flexibility index (Phi) is 14.9. The van der Waals surface area contributed by atoms with E-state index in [1.807, 2.05) is 0 Å². The number of aliphatic hydroxyl groups excluding tert-OH is 12. The van der Waals surface area contributed by atoms with Crippen molar-refractivity contribution >= 4 is 0 Å². The minimum absolute atomic E-state index is 0.00690. The standard InChI is InChI=1S/C49H82O19/c1-44(2)11-13-49(14-12-46(5)22(23(49)17-44)15-24(62-8)40-47(46,6)10-9-28-45(3,4)29(53)16-30(54)48(28,40)7)21-63-42-38(35(59)32(56)26(19-51)65-42)68-43-39(36(60)33(57)27(20-52)66-43)67-41-37(61)34(58)31(55)25(18-50)64-41/h15,23-43,50-61H,9-14,16-21H2,1-8H3/t23-,24-,25-,26-,27-,28-,29+,30-,31-,32-,33-,34+,35+,36+,37-,38-,39-,40+,41+,42-,43+,46-,47-,48-,49-/m1/s1. The van der Waals surface area contributed by atoms with Crippen LogP contribution in [0.2, 0.25) is 0 Å². The van der Waals surface area contributed by atoms with E-state index in [0.717, 1.165) is 44.9 Å². The van der Waals surface area contributed by atoms with Gasteiger partial charge in [0.1, 0.15) is 73.2 Å². The molecule has 19 nitrogen and oxygen atoms in total. The Morgan fingerprint density at radius 2 is 1.13 bits per heavy atom. The minimum atomic E-state index is -1.92. The highest BCUT2D eigenvalue weighted by molar-refractivity contribution is 5.36. The molecule has 4 saturated carbocycles. The largest absolute Gasteiger partial charge is 0.394 e. The van der Waals surface area contributed by atoms with Crippen molar-refractivity contribution in [2.24, 2.45) is 50.2 Å². The smallest absolute Gasteiger partial charge is 0.187 e. The molecule has 7 fully saturated rings. The number of methoxy groups -OCH3 is 1. The molecule has 392 valence electrons. The third-order valence-electron chi connectivity index (χ3n) is 19.7. The molecule has 25 atom stereocenters. The predicted octanol–water partition coefficient (Wildman–Crippen LogP) is -0.790. The minimum Gasteiger partial charge on any atom is -0.394 e. The number of ether oxygens (including phenoxy) is 7. The molecular weight excluding hydrogens is 893 g/mol. The molecule has 0 spiro atoms. The van der Waals surface area contributed by atoms with Gasteiger partial charge in [-0.3, -0.25) is 0 Å². The van der Waals surface area contributed by atoms with Gasteiger partial charge in [0.25, 0.3) is 0 Å². The molecular formula is C49H82O19. The highest BCUT2D eigenvalue weighted by Gasteiger charge is 2.72. The third kappa shape index (κ3) is 8.30. The SMILES string of the molecule is CO[C@@H]1C=C2[C@H]3CC(C)(C)CC[C@]3(CO[C@@H]3O[C@H](CO)[C@@H](O)[C@H](O)[C@H]3O[C@@H]3O[C@H](CO)[C@@H](O)[C@H](O)[C@H]3O[C@@H]3O[C@H](CO)[C@@H](O)[C@H](O)[C@H]3O)CC[C@@]2(C)[C@]2(C)CC[C@@H]3C(C)(C)[C@@H](O)C[C@@H](O)[C@]3(C)[C@@H]12. The highest BCUT2D eigenvalue weighted by atomic mass is 16.8. The molecule has 0 radical (unpaired) electrons. The van der Waals surface area contributed by atoms with Gasteiger partial charge in [0.15, 0.2) is 18.9 Å². The van der Waals surface area contributed by atoms with Crippen LogP contribution in [0.5, 0.6) is 0 Å². The van der Waals surface area contributed by atoms with Crippen LogP contribution in [0.4, 0.5) is 0 Å². The van der Waals surface area contributed by atoms with E-state index in [4.69, 9.17) is 33.2 Å². The molecule has 8 aliphatic rings. The first-order valence-corrected chi connectivity index (χ1v) is 24.9. The van der Waals surface area contributed by atoms with Gasteiger partial charge in [0, 0.05) is 30.3 Å². The maximum atomic E-state index is 12.1. The zero-order chi connectivity index (χ0) is 49.8. The molecule has 0 amide bonds. The average Bonchev–Trinajstić information content (AvgIpc) is 3.29. The molecule has 0 aromatic heterocycles. The zero-order valence-corrected chi connectivity index (χ0v) is 40.9. The first kappa shape index (κ1) is 53.3. The average molecular weight is 975 g/mol. The Morgan fingerprint density at radius 1 is 0.603 bits per heavy atom. The summed E-state index contributed by atoms with van der Waals surface area (Å²) in [5.41, 5.74) is -0.772. The van der Waals surface area contributed by atoms with Gasteiger partial charge in [-0.15, -0.1) is 0 Å². The van der Waals surface area contributed by atoms with Crippen molar-refractivity contribution in [1.29, 1.82) is 0 Å². The number of fused-ring (bicyclic) bond motifs is 7. The van der Waals surface area contributed by atoms with Gasteiger partial charge < -0.3 is 94.4 Å². The van der Waals surface area contributed by atoms with Crippen molar-refractivity contribution in [2.75, 3.05) is 33.5 Å². The topological polar surface area (TPSA) is 307 Å². The van der Waals surface area contributed by atoms with Gasteiger partial charge >= 0.3 is 0 Å². The molecule has 19 heteroatoms. The zero-order valence-electron chi connectivity index (χ0n) is 40.9. The van der Waals surface area contributed by atoms with E-state index in [0.29, 0.717) is 6.42 Å². The van der Waals surface area contributed by atoms with Gasteiger partial charge in [0.2, 0.25) is 0 Å². The number of allylic oxidation sites excluding steroid dienone is 1. The maximum Gasteiger partial charge on any atom is 0.187 e. The van der Waals surface area contributed by atoms with Crippen molar-refractivity contribution in [2.45, 2.75) is 210 Å². The number of rotatable bonds is 11. The molecule has 5 aliphatic carbocycles. The number of hydrogen-bond donors (Lipinski definition) is 12. The monoisotopic (exact) mass is 975 g/mol. The summed E-state index contributed by atoms with van der Waals surface area (Å²) in [5.74, 6) is 0.00561. The number of aliphatic hydroxyl groups is 12. The van der Waals surface area contributed by atoms with E-state index in [-0.39, 0.29) is 46.7 Å². The lowest BCUT2D eigenvalue weighted by Gasteiger charge is -2.73. The molecule has 8 rings (SSSR count). The van der Waals surface area contributed by atoms with Crippen LogP contribution in [0.25, 0.3) is 0 Å². The van der Waals surface area contributed by atoms with Crippen LogP contribution in [0.1, 0.15) is 99.8 Å². The van der Waals surface area contributed by atoms with Crippen molar-refractivity contribution in [1.82, 2.24) is 0 Å². The summed E-state index contributed by atoms with van der Waals surface area (Å²) in [5, 5.41) is 131. The van der Waals surface area contributed by atoms with Crippen LogP contribution >= 0.6 is 0 Å². The van der Waals surface area contributed by atoms with Crippen molar-refractivity contribution in [3.05, 3.63) is 11.6 Å². The molecule has 0 bridgehead atoms. The van der Waals surface area contributed by atoms with E-state index in [1.165, 1.54) is 5.57 Å². The highest BCUT2D eigenvalue weighted by Crippen LogP contribution is 2.76. The Labute approximate surface area is 399 Å². The first-order chi connectivity index (χ1) is 31.8. The normalized spacial score (nSPS) is 54.4. The molecule has 3 saturated heterocycles. The van der Waals surface area contributed by atoms with Crippen LogP contribution < -0.4 is 0 Å². The first-order valence-electron chi connectivity index (χ1n) is 24.9. The molecule has 0 aromatic rings. The lowest BCUT2D eigenvalue weighted by molar-refractivity contribution is -0.394. The maximum absolute atomic E-state index is 12.1. The second-order valence-corrected chi connectivity index (χ2v) is 24.0. The van der Waals surface area contributed by atoms with Crippen LogP contribution in [-0.2, 0) is 33.2 Å². The summed E-state index contributed by atoms with van der Waals surface area (Å²) in [6.07, 6.45) is -18.6. The second kappa shape index (κ2) is 19.0. The summed E-state index contributed by atoms with van der Waals surface area (Å²) >= 11 is 0. The Morgan fingerprint density at radius 3 is 1.72 bits per heavy atom. The summed E-state index contributed by atoms with van der Waals surface area (Å²) in [7, 11) is 1.74. The summed E-state index contributed by atoms with van der Waals surface area (Å²) in [6.45, 7) is 13.6. The van der Waals surface area contributed by atoms with E-state index in [2.05, 4.69) is 54.5 Å². The van der Waals surface area contributed by atoms with Crippen LogP contribution in [0, 0.1) is 50.2 Å². The van der Waals surface area contributed by atoms with Crippen molar-refractivity contribution in [3.8, 4) is 0 Å². The Hall–Kier alpha value is -1.02. The third-order valence-corrected chi connectivity index (χ3v) is 19.7. The lowest BCUT2D eigenvalue weighted by atomic mass is 9.32. The molecule has 0 unspecified atom stereocenters. The van der Waals surface area contributed by atoms with E-state index < -0.39 is 140 Å². The van der Waals surface area contributed by atoms with Gasteiger partial charge in [-0.2, -0.15) is 0 Å². The summed E-state index contributed by atoms with van der Waals surface area (Å²) in [6, 6.07) is 0. The molecule has 0 aromatic carbocycles. The van der Waals surface area contributed by atoms with Crippen molar-refractivity contribution < 1.29 is 94.4 Å². The fraction of sp³-hybridized carbons (Fsp3) is 0.959. The van der Waals surface area contributed by atoms with Gasteiger partial charge in [0.05, 0.1) is 44.7 Å². The second-order valence-electron chi connectivity index (χ2n) is 24.0. The predicted molar refractivity (Wildman–Crippen MR) is 238 cm³/mol.